The third-order valence-corrected chi connectivity index (χ3v) is 7.99. The van der Waals surface area contributed by atoms with E-state index in [9.17, 15) is 8.42 Å². The summed E-state index contributed by atoms with van der Waals surface area (Å²) in [4.78, 5) is 0.0290. The molecule has 1 aromatic rings. The monoisotopic (exact) mass is 415 g/mol. The molecule has 0 amide bonds. The fourth-order valence-corrected chi connectivity index (χ4v) is 6.03. The molecule has 0 atom stereocenters. The molecule has 0 unspecified atom stereocenters. The zero-order chi connectivity index (χ0) is 18.4. The maximum absolute atomic E-state index is 12.6. The van der Waals surface area contributed by atoms with Crippen LogP contribution in [-0.2, 0) is 30.9 Å². The molecule has 0 saturated carbocycles. The summed E-state index contributed by atoms with van der Waals surface area (Å²) in [5.41, 5.74) is 0. The lowest BCUT2D eigenvalue weighted by Crippen LogP contribution is -2.30. The highest BCUT2D eigenvalue weighted by molar-refractivity contribution is 8.07. The lowest BCUT2D eigenvalue weighted by atomic mass is 10.3. The summed E-state index contributed by atoms with van der Waals surface area (Å²) in [6.45, 7) is 5.61. The molecule has 0 aliphatic carbocycles. The summed E-state index contributed by atoms with van der Waals surface area (Å²) in [5, 5.41) is 0.0638. The van der Waals surface area contributed by atoms with Crippen LogP contribution in [0.2, 0.25) is 5.02 Å². The maximum atomic E-state index is 12.6. The van der Waals surface area contributed by atoms with E-state index in [4.69, 9.17) is 37.0 Å². The molecule has 0 aromatic heterocycles. The van der Waals surface area contributed by atoms with Crippen molar-refractivity contribution in [2.75, 3.05) is 26.3 Å². The number of sulfonamides is 1. The molecule has 6 nitrogen and oxygen atoms in total. The van der Waals surface area contributed by atoms with Crippen molar-refractivity contribution in [3.05, 3.63) is 23.2 Å². The highest BCUT2D eigenvalue weighted by atomic mass is 35.5. The zero-order valence-electron chi connectivity index (χ0n) is 14.2. The third kappa shape index (κ3) is 5.39. The van der Waals surface area contributed by atoms with Gasteiger partial charge in [0.1, 0.15) is 10.6 Å². The van der Waals surface area contributed by atoms with Gasteiger partial charge in [-0.3, -0.25) is 9.05 Å². The molecule has 0 aliphatic heterocycles. The first kappa shape index (κ1) is 21.8. The van der Waals surface area contributed by atoms with Crippen LogP contribution < -0.4 is 4.52 Å². The van der Waals surface area contributed by atoms with Crippen molar-refractivity contribution in [1.29, 1.82) is 0 Å². The molecule has 0 radical (unpaired) electrons. The van der Waals surface area contributed by atoms with E-state index in [0.29, 0.717) is 32.1 Å². The number of rotatable bonds is 10. The Morgan fingerprint density at radius 1 is 1.12 bits per heavy atom. The van der Waals surface area contributed by atoms with Crippen LogP contribution in [0.25, 0.3) is 0 Å². The van der Waals surface area contributed by atoms with E-state index < -0.39 is 16.7 Å². The van der Waals surface area contributed by atoms with Crippen molar-refractivity contribution in [3.63, 3.8) is 0 Å². The Hall–Kier alpha value is -0.210. The quantitative estimate of drug-likeness (QED) is 0.537. The Morgan fingerprint density at radius 3 is 2.08 bits per heavy atom. The Morgan fingerprint density at radius 2 is 1.67 bits per heavy atom. The molecule has 0 heterocycles. The highest BCUT2D eigenvalue weighted by Crippen LogP contribution is 2.50. The number of halogens is 1. The first-order valence-corrected chi connectivity index (χ1v) is 12.0. The lowest BCUT2D eigenvalue weighted by molar-refractivity contribution is 0.218. The van der Waals surface area contributed by atoms with Gasteiger partial charge in [-0.2, -0.15) is 4.31 Å². The van der Waals surface area contributed by atoms with E-state index in [0.717, 1.165) is 0 Å². The molecule has 1 aromatic carbocycles. The summed E-state index contributed by atoms with van der Waals surface area (Å²) >= 11 is 11.5. The average Bonchev–Trinajstić information content (AvgIpc) is 2.48. The smallest absolute Gasteiger partial charge is 0.380 e. The van der Waals surface area contributed by atoms with Gasteiger partial charge in [-0.05, 0) is 26.0 Å². The number of benzene rings is 1. The largest absolute Gasteiger partial charge is 0.424 e. The van der Waals surface area contributed by atoms with Crippen molar-refractivity contribution in [1.82, 2.24) is 4.31 Å². The number of hydrogen-bond acceptors (Lipinski definition) is 6. The molecule has 10 heteroatoms. The fourth-order valence-electron chi connectivity index (χ4n) is 1.99. The van der Waals surface area contributed by atoms with Gasteiger partial charge >= 0.3 is 6.72 Å². The predicted molar refractivity (Wildman–Crippen MR) is 99.7 cm³/mol. The predicted octanol–water partition coefficient (Wildman–Crippen LogP) is 4.05. The van der Waals surface area contributed by atoms with Gasteiger partial charge in [0.25, 0.3) is 0 Å². The molecule has 0 spiro atoms. The minimum absolute atomic E-state index is 0.0290. The Balaban J connectivity index is 3.14. The zero-order valence-corrected chi connectivity index (χ0v) is 17.5. The topological polar surface area (TPSA) is 65.1 Å². The van der Waals surface area contributed by atoms with E-state index in [1.54, 1.807) is 27.7 Å². The van der Waals surface area contributed by atoms with E-state index in [2.05, 4.69) is 0 Å². The standard InChI is InChI=1S/C14H23ClNO5PS2/c1-5-16(6-2)24(17,18)14-10-9-12(11-13(14)15)21-22(23,19-7-3)20-8-4/h9-11H,5-8H2,1-4H3. The van der Waals surface area contributed by atoms with Gasteiger partial charge in [0.2, 0.25) is 10.0 Å². The van der Waals surface area contributed by atoms with Crippen LogP contribution in [-0.4, -0.2) is 39.0 Å². The SMILES string of the molecule is CCOP(=S)(OCC)Oc1ccc(S(=O)(=O)N(CC)CC)c(Cl)c1. The second-order valence-corrected chi connectivity index (χ2v) is 9.80. The Labute approximate surface area is 154 Å². The van der Waals surface area contributed by atoms with Crippen molar-refractivity contribution >= 4 is 40.1 Å². The van der Waals surface area contributed by atoms with E-state index in [-0.39, 0.29) is 9.92 Å². The minimum atomic E-state index is -3.65. The van der Waals surface area contributed by atoms with Gasteiger partial charge in [0, 0.05) is 31.0 Å². The van der Waals surface area contributed by atoms with E-state index in [1.807, 2.05) is 0 Å². The molecule has 0 N–H and O–H groups in total. The minimum Gasteiger partial charge on any atom is -0.424 e. The Kier molecular flexibility index (Phi) is 8.62. The van der Waals surface area contributed by atoms with Crippen LogP contribution in [0.5, 0.6) is 5.75 Å². The molecule has 0 saturated heterocycles. The van der Waals surface area contributed by atoms with Crippen LogP contribution in [0.15, 0.2) is 23.1 Å². The van der Waals surface area contributed by atoms with Crippen LogP contribution in [0.4, 0.5) is 0 Å². The average molecular weight is 416 g/mol. The first-order chi connectivity index (χ1) is 11.2. The summed E-state index contributed by atoms with van der Waals surface area (Å²) in [6.07, 6.45) is 0. The molecule has 0 bridgehead atoms. The van der Waals surface area contributed by atoms with E-state index >= 15 is 0 Å². The molecule has 24 heavy (non-hydrogen) atoms. The van der Waals surface area contributed by atoms with Crippen molar-refractivity contribution in [2.24, 2.45) is 0 Å². The van der Waals surface area contributed by atoms with Crippen molar-refractivity contribution < 1.29 is 22.0 Å². The normalized spacial score (nSPS) is 12.6. The highest BCUT2D eigenvalue weighted by Gasteiger charge is 2.26. The van der Waals surface area contributed by atoms with Gasteiger partial charge < -0.3 is 4.52 Å². The number of nitrogens with zero attached hydrogens (tertiary/aromatic N) is 1. The summed E-state index contributed by atoms with van der Waals surface area (Å²) in [7, 11) is -3.65. The molecule has 138 valence electrons. The van der Waals surface area contributed by atoms with Crippen LogP contribution in [0, 0.1) is 0 Å². The molecule has 1 rings (SSSR count). The van der Waals surface area contributed by atoms with Crippen LogP contribution >= 0.6 is 18.3 Å². The second-order valence-electron chi connectivity index (χ2n) is 4.56. The van der Waals surface area contributed by atoms with Gasteiger partial charge in [-0.15, -0.1) is 0 Å². The van der Waals surface area contributed by atoms with E-state index in [1.165, 1.54) is 22.5 Å². The lowest BCUT2D eigenvalue weighted by Gasteiger charge is -2.22. The third-order valence-electron chi connectivity index (χ3n) is 3.02. The fraction of sp³-hybridized carbons (Fsp3) is 0.571. The second kappa shape index (κ2) is 9.48. The van der Waals surface area contributed by atoms with Crippen molar-refractivity contribution in [2.45, 2.75) is 32.6 Å². The van der Waals surface area contributed by atoms with Gasteiger partial charge in [0.15, 0.2) is 0 Å². The molecule has 0 fully saturated rings. The van der Waals surface area contributed by atoms with Gasteiger partial charge in [-0.25, -0.2) is 8.42 Å². The maximum Gasteiger partial charge on any atom is 0.380 e. The Bertz CT molecular complexity index is 684. The number of hydrogen-bond donors (Lipinski definition) is 0. The van der Waals surface area contributed by atoms with Gasteiger partial charge in [-0.1, -0.05) is 25.4 Å². The summed E-state index contributed by atoms with van der Waals surface area (Å²) < 4.78 is 42.9. The summed E-state index contributed by atoms with van der Waals surface area (Å²) in [5.74, 6) is 0.309. The molecular weight excluding hydrogens is 393 g/mol. The first-order valence-electron chi connectivity index (χ1n) is 7.62. The molecule has 0 aliphatic rings. The molecular formula is C14H23ClNO5PS2. The van der Waals surface area contributed by atoms with Crippen LogP contribution in [0.1, 0.15) is 27.7 Å². The van der Waals surface area contributed by atoms with Gasteiger partial charge in [0.05, 0.1) is 18.2 Å². The van der Waals surface area contributed by atoms with Crippen molar-refractivity contribution in [3.8, 4) is 5.75 Å². The summed E-state index contributed by atoms with van der Waals surface area (Å²) in [6, 6.07) is 4.32. The van der Waals surface area contributed by atoms with Crippen LogP contribution in [0.3, 0.4) is 0 Å².